The van der Waals surface area contributed by atoms with Crippen LogP contribution in [0, 0.1) is 19.8 Å². The third-order valence-corrected chi connectivity index (χ3v) is 4.57. The van der Waals surface area contributed by atoms with E-state index in [2.05, 4.69) is 12.4 Å². The summed E-state index contributed by atoms with van der Waals surface area (Å²) in [4.78, 5) is 13.6. The molecule has 2 N–H and O–H groups in total. The van der Waals surface area contributed by atoms with E-state index in [1.165, 1.54) is 37.0 Å². The van der Waals surface area contributed by atoms with Crippen molar-refractivity contribution in [3.05, 3.63) is 29.3 Å². The van der Waals surface area contributed by atoms with Crippen LogP contribution in [0.25, 0.3) is 0 Å². The number of amides is 1. The molecule has 1 fully saturated rings. The minimum absolute atomic E-state index is 0.126. The van der Waals surface area contributed by atoms with Crippen LogP contribution in [0.3, 0.4) is 0 Å². The first-order chi connectivity index (χ1) is 10.1. The van der Waals surface area contributed by atoms with Crippen LogP contribution in [-0.4, -0.2) is 26.0 Å². The molecular weight excluding hydrogens is 260 g/mol. The number of para-hydroxylation sites is 1. The lowest BCUT2D eigenvalue weighted by Gasteiger charge is -2.24. The molecule has 0 bridgehead atoms. The van der Waals surface area contributed by atoms with Crippen molar-refractivity contribution in [3.8, 4) is 0 Å². The van der Waals surface area contributed by atoms with Crippen LogP contribution in [0.5, 0.6) is 0 Å². The van der Waals surface area contributed by atoms with Crippen molar-refractivity contribution in [2.45, 2.75) is 46.0 Å². The topological polar surface area (TPSA) is 33.5 Å². The Bertz CT molecular complexity index is 458. The van der Waals surface area contributed by atoms with Crippen LogP contribution in [0.2, 0.25) is 0 Å². The largest absolute Gasteiger partial charge is 0.329 e. The smallest absolute Gasteiger partial charge is 0.279 e. The molecule has 1 aromatic rings. The summed E-state index contributed by atoms with van der Waals surface area (Å²) in [6.45, 7) is 5.77. The summed E-state index contributed by atoms with van der Waals surface area (Å²) in [5.74, 6) is 0.937. The van der Waals surface area contributed by atoms with E-state index in [-0.39, 0.29) is 5.91 Å². The number of aryl methyl sites for hydroxylation is 2. The van der Waals surface area contributed by atoms with Crippen molar-refractivity contribution < 1.29 is 9.69 Å². The molecule has 0 aliphatic heterocycles. The summed E-state index contributed by atoms with van der Waals surface area (Å²) >= 11 is 0. The Hall–Kier alpha value is -1.35. The van der Waals surface area contributed by atoms with Gasteiger partial charge in [0.2, 0.25) is 0 Å². The van der Waals surface area contributed by atoms with E-state index < -0.39 is 0 Å². The normalized spacial score (nSPS) is 17.5. The molecule has 0 spiro atoms. The van der Waals surface area contributed by atoms with Crippen molar-refractivity contribution in [1.29, 1.82) is 0 Å². The van der Waals surface area contributed by atoms with Gasteiger partial charge in [-0.15, -0.1) is 0 Å². The molecule has 3 nitrogen and oxygen atoms in total. The molecule has 116 valence electrons. The minimum Gasteiger partial charge on any atom is -0.329 e. The first-order valence-corrected chi connectivity index (χ1v) is 8.23. The average molecular weight is 289 g/mol. The second-order valence-corrected chi connectivity index (χ2v) is 6.66. The minimum atomic E-state index is 0.126. The monoisotopic (exact) mass is 289 g/mol. The van der Waals surface area contributed by atoms with Gasteiger partial charge < -0.3 is 10.2 Å². The predicted octanol–water partition coefficient (Wildman–Crippen LogP) is 2.34. The Morgan fingerprint density at radius 2 is 1.81 bits per heavy atom. The standard InChI is InChI=1S/C18H28N2O/c1-14-8-7-9-15(2)18(14)19-17(21)13-20(3)12-16-10-5-4-6-11-16/h7-9,16H,4-6,10-13H2,1-3H3,(H,19,21)/p+1. The van der Waals surface area contributed by atoms with Crippen molar-refractivity contribution in [1.82, 2.24) is 0 Å². The molecule has 1 amide bonds. The summed E-state index contributed by atoms with van der Waals surface area (Å²) < 4.78 is 0. The van der Waals surface area contributed by atoms with Gasteiger partial charge in [0, 0.05) is 11.6 Å². The third kappa shape index (κ3) is 4.85. The maximum Gasteiger partial charge on any atom is 0.279 e. The highest BCUT2D eigenvalue weighted by Gasteiger charge is 2.19. The van der Waals surface area contributed by atoms with Gasteiger partial charge in [-0.05, 0) is 37.8 Å². The van der Waals surface area contributed by atoms with Crippen LogP contribution in [0.15, 0.2) is 18.2 Å². The van der Waals surface area contributed by atoms with E-state index in [1.54, 1.807) is 0 Å². The Morgan fingerprint density at radius 3 is 2.43 bits per heavy atom. The first kappa shape index (κ1) is 16.0. The van der Waals surface area contributed by atoms with E-state index >= 15 is 0 Å². The van der Waals surface area contributed by atoms with E-state index in [4.69, 9.17) is 0 Å². The summed E-state index contributed by atoms with van der Waals surface area (Å²) in [5.41, 5.74) is 3.24. The van der Waals surface area contributed by atoms with Gasteiger partial charge >= 0.3 is 0 Å². The highest BCUT2D eigenvalue weighted by Crippen LogP contribution is 2.22. The Morgan fingerprint density at radius 1 is 1.19 bits per heavy atom. The molecule has 1 aliphatic carbocycles. The number of hydrogen-bond acceptors (Lipinski definition) is 1. The Kier molecular flexibility index (Phi) is 5.80. The zero-order chi connectivity index (χ0) is 15.2. The number of rotatable bonds is 5. The molecule has 2 rings (SSSR count). The van der Waals surface area contributed by atoms with E-state index in [1.807, 2.05) is 32.0 Å². The van der Waals surface area contributed by atoms with Gasteiger partial charge in [0.05, 0.1) is 13.6 Å². The molecular formula is C18H29N2O+. The average Bonchev–Trinajstić information content (AvgIpc) is 2.44. The molecule has 0 saturated heterocycles. The second kappa shape index (κ2) is 7.60. The van der Waals surface area contributed by atoms with E-state index in [9.17, 15) is 4.79 Å². The van der Waals surface area contributed by atoms with E-state index in [0.717, 1.165) is 29.3 Å². The molecule has 21 heavy (non-hydrogen) atoms. The van der Waals surface area contributed by atoms with Gasteiger partial charge in [-0.25, -0.2) is 0 Å². The Labute approximate surface area is 128 Å². The highest BCUT2D eigenvalue weighted by molar-refractivity contribution is 5.93. The zero-order valence-corrected chi connectivity index (χ0v) is 13.7. The fourth-order valence-electron chi connectivity index (χ4n) is 3.43. The van der Waals surface area contributed by atoms with Crippen LogP contribution >= 0.6 is 0 Å². The fraction of sp³-hybridized carbons (Fsp3) is 0.611. The second-order valence-electron chi connectivity index (χ2n) is 6.66. The van der Waals surface area contributed by atoms with Gasteiger partial charge in [-0.2, -0.15) is 0 Å². The number of likely N-dealkylation sites (N-methyl/N-ethyl adjacent to an activating group) is 1. The number of benzene rings is 1. The lowest BCUT2D eigenvalue weighted by Crippen LogP contribution is -3.10. The van der Waals surface area contributed by atoms with Gasteiger partial charge in [-0.1, -0.05) is 37.5 Å². The van der Waals surface area contributed by atoms with Crippen LogP contribution in [0.4, 0.5) is 5.69 Å². The van der Waals surface area contributed by atoms with Crippen molar-refractivity contribution in [2.75, 3.05) is 25.5 Å². The fourth-order valence-corrected chi connectivity index (χ4v) is 3.43. The van der Waals surface area contributed by atoms with Crippen molar-refractivity contribution in [2.24, 2.45) is 5.92 Å². The van der Waals surface area contributed by atoms with E-state index in [0.29, 0.717) is 6.54 Å². The number of carbonyl (C=O) groups excluding carboxylic acids is 1. The van der Waals surface area contributed by atoms with Gasteiger partial charge in [0.1, 0.15) is 0 Å². The Balaban J connectivity index is 1.83. The molecule has 1 saturated carbocycles. The molecule has 1 aromatic carbocycles. The molecule has 0 radical (unpaired) electrons. The molecule has 1 atom stereocenters. The predicted molar refractivity (Wildman–Crippen MR) is 87.7 cm³/mol. The lowest BCUT2D eigenvalue weighted by atomic mass is 9.89. The number of anilines is 1. The summed E-state index contributed by atoms with van der Waals surface area (Å²) in [5, 5.41) is 3.09. The number of nitrogens with one attached hydrogen (secondary N) is 2. The number of quaternary nitrogens is 1. The zero-order valence-electron chi connectivity index (χ0n) is 13.7. The molecule has 1 unspecified atom stereocenters. The quantitative estimate of drug-likeness (QED) is 0.857. The summed E-state index contributed by atoms with van der Waals surface area (Å²) in [7, 11) is 2.14. The lowest BCUT2D eigenvalue weighted by molar-refractivity contribution is -0.874. The molecule has 1 aliphatic rings. The third-order valence-electron chi connectivity index (χ3n) is 4.57. The van der Waals surface area contributed by atoms with Gasteiger partial charge in [0.25, 0.3) is 5.91 Å². The van der Waals surface area contributed by atoms with Crippen LogP contribution in [0.1, 0.15) is 43.2 Å². The maximum atomic E-state index is 12.2. The maximum absolute atomic E-state index is 12.2. The van der Waals surface area contributed by atoms with Gasteiger partial charge in [-0.3, -0.25) is 4.79 Å². The number of carbonyl (C=O) groups is 1. The first-order valence-electron chi connectivity index (χ1n) is 8.23. The van der Waals surface area contributed by atoms with Crippen molar-refractivity contribution in [3.63, 3.8) is 0 Å². The number of hydrogen-bond donors (Lipinski definition) is 2. The molecule has 0 aromatic heterocycles. The van der Waals surface area contributed by atoms with Crippen molar-refractivity contribution >= 4 is 11.6 Å². The molecule has 0 heterocycles. The summed E-state index contributed by atoms with van der Waals surface area (Å²) in [6.07, 6.45) is 6.81. The SMILES string of the molecule is Cc1cccc(C)c1NC(=O)C[NH+](C)CC1CCCCC1. The van der Waals surface area contributed by atoms with Gasteiger partial charge in [0.15, 0.2) is 6.54 Å². The summed E-state index contributed by atoms with van der Waals surface area (Å²) in [6, 6.07) is 6.11. The highest BCUT2D eigenvalue weighted by atomic mass is 16.2. The molecule has 3 heteroatoms. The van der Waals surface area contributed by atoms with Crippen LogP contribution < -0.4 is 10.2 Å². The van der Waals surface area contributed by atoms with Crippen LogP contribution in [-0.2, 0) is 4.79 Å².